The molecular formula is C15H15BrN2O. The quantitative estimate of drug-likeness (QED) is 0.806. The molecule has 0 atom stereocenters. The Kier molecular flexibility index (Phi) is 4.32. The van der Waals surface area contributed by atoms with E-state index in [0.717, 1.165) is 21.4 Å². The van der Waals surface area contributed by atoms with Crippen LogP contribution in [0.4, 0.5) is 5.69 Å². The van der Waals surface area contributed by atoms with E-state index in [9.17, 15) is 4.79 Å². The average molecular weight is 319 g/mol. The molecule has 2 aromatic rings. The SMILES string of the molecule is CC(=O)c1ccc(Br)cc1N(C)Cc1ccccn1. The number of Topliss-reactive ketones (excluding diaryl/α,β-unsaturated/α-hetero) is 1. The van der Waals surface area contributed by atoms with Crippen molar-refractivity contribution in [1.29, 1.82) is 0 Å². The molecule has 0 unspecified atom stereocenters. The first-order chi connectivity index (χ1) is 9.08. The van der Waals surface area contributed by atoms with Crippen LogP contribution in [0.2, 0.25) is 0 Å². The molecule has 1 aromatic carbocycles. The summed E-state index contributed by atoms with van der Waals surface area (Å²) in [6.07, 6.45) is 1.77. The Morgan fingerprint density at radius 2 is 2.11 bits per heavy atom. The molecule has 3 nitrogen and oxygen atoms in total. The van der Waals surface area contributed by atoms with Crippen molar-refractivity contribution >= 4 is 27.4 Å². The van der Waals surface area contributed by atoms with Crippen LogP contribution in [0.15, 0.2) is 47.1 Å². The van der Waals surface area contributed by atoms with Crippen LogP contribution in [0.5, 0.6) is 0 Å². The van der Waals surface area contributed by atoms with Crippen molar-refractivity contribution in [3.05, 3.63) is 58.3 Å². The molecule has 98 valence electrons. The highest BCUT2D eigenvalue weighted by Crippen LogP contribution is 2.25. The minimum absolute atomic E-state index is 0.0652. The number of pyridine rings is 1. The highest BCUT2D eigenvalue weighted by atomic mass is 79.9. The third-order valence-electron chi connectivity index (χ3n) is 2.88. The molecule has 0 radical (unpaired) electrons. The predicted molar refractivity (Wildman–Crippen MR) is 80.5 cm³/mol. The number of carbonyl (C=O) groups excluding carboxylic acids is 1. The van der Waals surface area contributed by atoms with Crippen molar-refractivity contribution in [2.24, 2.45) is 0 Å². The van der Waals surface area contributed by atoms with E-state index >= 15 is 0 Å². The first kappa shape index (κ1) is 13.7. The number of carbonyl (C=O) groups is 1. The Morgan fingerprint density at radius 1 is 1.32 bits per heavy atom. The van der Waals surface area contributed by atoms with E-state index in [1.165, 1.54) is 0 Å². The monoisotopic (exact) mass is 318 g/mol. The molecule has 0 N–H and O–H groups in total. The summed E-state index contributed by atoms with van der Waals surface area (Å²) < 4.78 is 0.959. The molecule has 2 rings (SSSR count). The number of rotatable bonds is 4. The Morgan fingerprint density at radius 3 is 2.74 bits per heavy atom. The van der Waals surface area contributed by atoms with Gasteiger partial charge in [-0.25, -0.2) is 0 Å². The molecule has 4 heteroatoms. The fraction of sp³-hybridized carbons (Fsp3) is 0.200. The fourth-order valence-corrected chi connectivity index (χ4v) is 2.29. The molecule has 0 spiro atoms. The van der Waals surface area contributed by atoms with E-state index in [4.69, 9.17) is 0 Å². The summed E-state index contributed by atoms with van der Waals surface area (Å²) >= 11 is 3.45. The second-order valence-corrected chi connectivity index (χ2v) is 5.31. The van der Waals surface area contributed by atoms with Crippen molar-refractivity contribution in [2.45, 2.75) is 13.5 Å². The number of nitrogens with zero attached hydrogens (tertiary/aromatic N) is 2. The zero-order valence-corrected chi connectivity index (χ0v) is 12.5. The van der Waals surface area contributed by atoms with Crippen molar-refractivity contribution in [3.63, 3.8) is 0 Å². The standard InChI is InChI=1S/C15H15BrN2O/c1-11(19)14-7-6-12(16)9-15(14)18(2)10-13-5-3-4-8-17-13/h3-9H,10H2,1-2H3. The first-order valence-electron chi connectivity index (χ1n) is 5.99. The topological polar surface area (TPSA) is 33.2 Å². The number of anilines is 1. The Hall–Kier alpha value is -1.68. The number of hydrogen-bond donors (Lipinski definition) is 0. The van der Waals surface area contributed by atoms with Gasteiger partial charge in [-0.3, -0.25) is 9.78 Å². The van der Waals surface area contributed by atoms with Gasteiger partial charge in [0.15, 0.2) is 5.78 Å². The molecule has 0 amide bonds. The molecule has 0 aliphatic rings. The van der Waals surface area contributed by atoms with Gasteiger partial charge >= 0.3 is 0 Å². The van der Waals surface area contributed by atoms with Crippen LogP contribution in [-0.2, 0) is 6.54 Å². The van der Waals surface area contributed by atoms with E-state index in [-0.39, 0.29) is 5.78 Å². The van der Waals surface area contributed by atoms with Gasteiger partial charge in [0.05, 0.1) is 12.2 Å². The van der Waals surface area contributed by atoms with Gasteiger partial charge in [-0.15, -0.1) is 0 Å². The molecule has 0 fully saturated rings. The highest BCUT2D eigenvalue weighted by molar-refractivity contribution is 9.10. The normalized spacial score (nSPS) is 10.3. The Labute approximate surface area is 121 Å². The highest BCUT2D eigenvalue weighted by Gasteiger charge is 2.12. The largest absolute Gasteiger partial charge is 0.368 e. The van der Waals surface area contributed by atoms with Gasteiger partial charge in [-0.1, -0.05) is 22.0 Å². The molecule has 0 aliphatic carbocycles. The lowest BCUT2D eigenvalue weighted by Gasteiger charge is -2.21. The van der Waals surface area contributed by atoms with Gasteiger partial charge in [0.1, 0.15) is 0 Å². The van der Waals surface area contributed by atoms with Crippen molar-refractivity contribution in [2.75, 3.05) is 11.9 Å². The third kappa shape index (κ3) is 3.41. The van der Waals surface area contributed by atoms with E-state index in [1.54, 1.807) is 13.1 Å². The average Bonchev–Trinajstić information content (AvgIpc) is 2.39. The Bertz CT molecular complexity index is 584. The molecule has 1 heterocycles. The smallest absolute Gasteiger partial charge is 0.161 e. The molecule has 0 saturated carbocycles. The van der Waals surface area contributed by atoms with Gasteiger partial charge in [0.2, 0.25) is 0 Å². The van der Waals surface area contributed by atoms with Gasteiger partial charge in [0, 0.05) is 29.0 Å². The molecular weight excluding hydrogens is 304 g/mol. The predicted octanol–water partition coefficient (Wildman–Crippen LogP) is 3.68. The maximum Gasteiger partial charge on any atom is 0.161 e. The summed E-state index contributed by atoms with van der Waals surface area (Å²) in [5.41, 5.74) is 2.61. The first-order valence-corrected chi connectivity index (χ1v) is 6.79. The molecule has 0 aliphatic heterocycles. The van der Waals surface area contributed by atoms with Gasteiger partial charge in [-0.2, -0.15) is 0 Å². The zero-order valence-electron chi connectivity index (χ0n) is 10.9. The van der Waals surface area contributed by atoms with Crippen LogP contribution < -0.4 is 4.90 Å². The van der Waals surface area contributed by atoms with Crippen molar-refractivity contribution in [1.82, 2.24) is 4.98 Å². The second-order valence-electron chi connectivity index (χ2n) is 4.39. The lowest BCUT2D eigenvalue weighted by molar-refractivity contribution is 0.101. The van der Waals surface area contributed by atoms with Crippen LogP contribution in [0, 0.1) is 0 Å². The molecule has 0 saturated heterocycles. The van der Waals surface area contributed by atoms with Crippen LogP contribution in [0.1, 0.15) is 23.0 Å². The van der Waals surface area contributed by atoms with E-state index in [0.29, 0.717) is 6.54 Å². The number of benzene rings is 1. The molecule has 19 heavy (non-hydrogen) atoms. The van der Waals surface area contributed by atoms with E-state index in [2.05, 4.69) is 20.9 Å². The summed E-state index contributed by atoms with van der Waals surface area (Å²) in [5.74, 6) is 0.0652. The van der Waals surface area contributed by atoms with Crippen LogP contribution in [0.3, 0.4) is 0 Å². The van der Waals surface area contributed by atoms with Gasteiger partial charge in [-0.05, 0) is 37.3 Å². The lowest BCUT2D eigenvalue weighted by atomic mass is 10.1. The zero-order chi connectivity index (χ0) is 13.8. The summed E-state index contributed by atoms with van der Waals surface area (Å²) in [6, 6.07) is 11.5. The van der Waals surface area contributed by atoms with E-state index < -0.39 is 0 Å². The number of aromatic nitrogens is 1. The summed E-state index contributed by atoms with van der Waals surface area (Å²) in [7, 11) is 1.96. The van der Waals surface area contributed by atoms with Crippen LogP contribution in [-0.4, -0.2) is 17.8 Å². The van der Waals surface area contributed by atoms with Crippen molar-refractivity contribution in [3.8, 4) is 0 Å². The maximum absolute atomic E-state index is 11.7. The molecule has 1 aromatic heterocycles. The summed E-state index contributed by atoms with van der Waals surface area (Å²) in [4.78, 5) is 18.0. The number of halogens is 1. The van der Waals surface area contributed by atoms with E-state index in [1.807, 2.05) is 48.3 Å². The van der Waals surface area contributed by atoms with Gasteiger partial charge < -0.3 is 4.90 Å². The fourth-order valence-electron chi connectivity index (χ4n) is 1.94. The number of hydrogen-bond acceptors (Lipinski definition) is 3. The maximum atomic E-state index is 11.7. The minimum Gasteiger partial charge on any atom is -0.368 e. The Balaban J connectivity index is 2.30. The second kappa shape index (κ2) is 5.97. The molecule has 0 bridgehead atoms. The van der Waals surface area contributed by atoms with Crippen LogP contribution >= 0.6 is 15.9 Å². The third-order valence-corrected chi connectivity index (χ3v) is 3.37. The van der Waals surface area contributed by atoms with Gasteiger partial charge in [0.25, 0.3) is 0 Å². The van der Waals surface area contributed by atoms with Crippen molar-refractivity contribution < 1.29 is 4.79 Å². The lowest BCUT2D eigenvalue weighted by Crippen LogP contribution is -2.19. The van der Waals surface area contributed by atoms with Crippen LogP contribution in [0.25, 0.3) is 0 Å². The number of ketones is 1. The minimum atomic E-state index is 0.0652. The summed E-state index contributed by atoms with van der Waals surface area (Å²) in [6.45, 7) is 2.25. The summed E-state index contributed by atoms with van der Waals surface area (Å²) in [5, 5.41) is 0.